The van der Waals surface area contributed by atoms with Crippen molar-refractivity contribution in [2.24, 2.45) is 0 Å². The Labute approximate surface area is 211 Å². The van der Waals surface area contributed by atoms with Gasteiger partial charge in [0.2, 0.25) is 21.7 Å². The van der Waals surface area contributed by atoms with Crippen molar-refractivity contribution >= 4 is 9.84 Å². The van der Waals surface area contributed by atoms with Gasteiger partial charge >= 0.3 is 0 Å². The average molecular weight is 528 g/mol. The fourth-order valence-electron chi connectivity index (χ4n) is 3.85. The summed E-state index contributed by atoms with van der Waals surface area (Å²) in [5, 5.41) is 10.5. The lowest BCUT2D eigenvalue weighted by molar-refractivity contribution is 0.123. The van der Waals surface area contributed by atoms with E-state index in [9.17, 15) is 22.7 Å². The van der Waals surface area contributed by atoms with Crippen LogP contribution in [0.2, 0.25) is 0 Å². The number of benzene rings is 2. The molecular weight excluding hydrogens is 504 g/mol. The van der Waals surface area contributed by atoms with Crippen molar-refractivity contribution in [1.82, 2.24) is 14.5 Å². The minimum atomic E-state index is -4.69. The summed E-state index contributed by atoms with van der Waals surface area (Å²) in [6.07, 6.45) is 0. The summed E-state index contributed by atoms with van der Waals surface area (Å²) in [6, 6.07) is 14.2. The highest BCUT2D eigenvalue weighted by Gasteiger charge is 2.30. The van der Waals surface area contributed by atoms with Crippen LogP contribution in [0.5, 0.6) is 5.88 Å². The third-order valence-corrected chi connectivity index (χ3v) is 7.44. The molecule has 4 rings (SSSR count). The summed E-state index contributed by atoms with van der Waals surface area (Å²) >= 11 is 0. The predicted octanol–water partition coefficient (Wildman–Crippen LogP) is 4.02. The second kappa shape index (κ2) is 10.6. The smallest absolute Gasteiger partial charge is 0.277 e. The van der Waals surface area contributed by atoms with E-state index in [1.54, 1.807) is 37.3 Å². The van der Waals surface area contributed by atoms with E-state index in [1.165, 1.54) is 19.1 Å². The van der Waals surface area contributed by atoms with Gasteiger partial charge in [0.1, 0.15) is 18.2 Å². The van der Waals surface area contributed by atoms with Crippen LogP contribution in [0, 0.1) is 18.7 Å². The molecule has 0 saturated heterocycles. The molecule has 2 heterocycles. The zero-order valence-electron chi connectivity index (χ0n) is 20.0. The quantitative estimate of drug-likeness (QED) is 0.345. The Kier molecular flexibility index (Phi) is 7.46. The maximum Gasteiger partial charge on any atom is 0.277 e. The molecule has 0 bridgehead atoms. The summed E-state index contributed by atoms with van der Waals surface area (Å²) < 4.78 is 61.8. The summed E-state index contributed by atoms with van der Waals surface area (Å²) in [7, 11) is -4.69. The number of nitrogens with zero attached hydrogens (tertiary/aromatic N) is 3. The van der Waals surface area contributed by atoms with E-state index in [2.05, 4.69) is 9.97 Å². The molecule has 0 spiro atoms. The molecule has 8 nitrogen and oxygen atoms in total. The van der Waals surface area contributed by atoms with E-state index < -0.39 is 42.8 Å². The Hall–Kier alpha value is -3.96. The van der Waals surface area contributed by atoms with Crippen molar-refractivity contribution in [3.63, 3.8) is 0 Å². The van der Waals surface area contributed by atoms with Crippen LogP contribution in [-0.2, 0) is 27.7 Å². The number of aromatic nitrogens is 3. The molecule has 0 radical (unpaired) electrons. The molecule has 1 N–H and O–H groups in total. The van der Waals surface area contributed by atoms with E-state index in [-0.39, 0.29) is 35.8 Å². The normalized spacial score (nSPS) is 11.6. The SMILES string of the molecule is CCOCc1nc(O)c(S(=O)(=O)c2ccc(-c3ccc(F)nc3C)c(F)c2)c(=O)n1Cc1ccccc1. The third kappa shape index (κ3) is 5.27. The summed E-state index contributed by atoms with van der Waals surface area (Å²) in [6.45, 7) is 3.37. The van der Waals surface area contributed by atoms with Crippen LogP contribution in [0.25, 0.3) is 11.1 Å². The van der Waals surface area contributed by atoms with Crippen molar-refractivity contribution in [3.05, 3.63) is 99.9 Å². The molecule has 0 saturated carbocycles. The minimum absolute atomic E-state index is 0.000141. The van der Waals surface area contributed by atoms with Gasteiger partial charge < -0.3 is 9.84 Å². The molecule has 0 amide bonds. The number of rotatable bonds is 8. The van der Waals surface area contributed by atoms with E-state index in [0.717, 1.165) is 22.8 Å². The van der Waals surface area contributed by atoms with Gasteiger partial charge in [-0.2, -0.15) is 9.37 Å². The standard InChI is InChI=1S/C26H23F2N3O5S/c1-3-36-15-23-30-25(32)24(26(33)31(23)14-17-7-5-4-6-8-17)37(34,35)18-9-10-20(21(27)13-18)19-11-12-22(28)29-16(19)2/h4-13,32H,3,14-15H2,1-2H3. The molecule has 0 aliphatic carbocycles. The van der Waals surface area contributed by atoms with E-state index in [4.69, 9.17) is 4.74 Å². The first kappa shape index (κ1) is 26.1. The Morgan fingerprint density at radius 3 is 2.35 bits per heavy atom. The lowest BCUT2D eigenvalue weighted by Crippen LogP contribution is -2.31. The van der Waals surface area contributed by atoms with Crippen molar-refractivity contribution in [2.75, 3.05) is 6.61 Å². The van der Waals surface area contributed by atoms with Gasteiger partial charge in [-0.05, 0) is 43.7 Å². The number of sulfone groups is 1. The Balaban J connectivity index is 1.83. The van der Waals surface area contributed by atoms with Gasteiger partial charge in [0.25, 0.3) is 5.56 Å². The highest BCUT2D eigenvalue weighted by atomic mass is 32.2. The van der Waals surface area contributed by atoms with Crippen LogP contribution in [0.3, 0.4) is 0 Å². The number of aromatic hydroxyl groups is 1. The number of hydrogen-bond donors (Lipinski definition) is 1. The maximum absolute atomic E-state index is 15.1. The van der Waals surface area contributed by atoms with Crippen LogP contribution < -0.4 is 5.56 Å². The van der Waals surface area contributed by atoms with Gasteiger partial charge in [-0.25, -0.2) is 17.8 Å². The highest BCUT2D eigenvalue weighted by Crippen LogP contribution is 2.30. The fraction of sp³-hybridized carbons (Fsp3) is 0.192. The summed E-state index contributed by atoms with van der Waals surface area (Å²) in [5.41, 5.74) is 0.161. The van der Waals surface area contributed by atoms with Gasteiger partial charge in [0.05, 0.1) is 11.4 Å². The molecule has 0 unspecified atom stereocenters. The molecule has 0 aliphatic heterocycles. The average Bonchev–Trinajstić information content (AvgIpc) is 2.85. The van der Waals surface area contributed by atoms with Crippen molar-refractivity contribution in [1.29, 1.82) is 0 Å². The first-order chi connectivity index (χ1) is 17.6. The molecule has 37 heavy (non-hydrogen) atoms. The van der Waals surface area contributed by atoms with Gasteiger partial charge in [0, 0.05) is 23.4 Å². The van der Waals surface area contributed by atoms with Crippen molar-refractivity contribution < 1.29 is 27.0 Å². The first-order valence-electron chi connectivity index (χ1n) is 11.3. The molecule has 2 aromatic heterocycles. The number of halogens is 2. The second-order valence-corrected chi connectivity index (χ2v) is 9.99. The number of hydrogen-bond acceptors (Lipinski definition) is 7. The molecular formula is C26H23F2N3O5S. The summed E-state index contributed by atoms with van der Waals surface area (Å²) in [4.78, 5) is 19.5. The Morgan fingerprint density at radius 2 is 1.70 bits per heavy atom. The molecule has 0 aliphatic rings. The number of pyridine rings is 1. The zero-order valence-corrected chi connectivity index (χ0v) is 20.8. The van der Waals surface area contributed by atoms with Gasteiger partial charge in [-0.3, -0.25) is 9.36 Å². The molecule has 0 atom stereocenters. The lowest BCUT2D eigenvalue weighted by Gasteiger charge is -2.15. The molecule has 0 fully saturated rings. The zero-order chi connectivity index (χ0) is 26.7. The Morgan fingerprint density at radius 1 is 1.00 bits per heavy atom. The second-order valence-electron chi connectivity index (χ2n) is 8.11. The van der Waals surface area contributed by atoms with E-state index in [0.29, 0.717) is 12.2 Å². The topological polar surface area (TPSA) is 111 Å². The molecule has 2 aromatic carbocycles. The van der Waals surface area contributed by atoms with E-state index in [1.807, 2.05) is 0 Å². The van der Waals surface area contributed by atoms with Crippen LogP contribution in [0.1, 0.15) is 24.0 Å². The number of ether oxygens (including phenoxy) is 1. The Bertz CT molecular complexity index is 1620. The molecule has 192 valence electrons. The monoisotopic (exact) mass is 527 g/mol. The first-order valence-corrected chi connectivity index (χ1v) is 12.7. The predicted molar refractivity (Wildman–Crippen MR) is 131 cm³/mol. The van der Waals surface area contributed by atoms with Gasteiger partial charge in [-0.1, -0.05) is 36.4 Å². The lowest BCUT2D eigenvalue weighted by atomic mass is 10.0. The summed E-state index contributed by atoms with van der Waals surface area (Å²) in [5.74, 6) is -2.63. The highest BCUT2D eigenvalue weighted by molar-refractivity contribution is 7.91. The van der Waals surface area contributed by atoms with Crippen LogP contribution in [-0.4, -0.2) is 34.7 Å². The van der Waals surface area contributed by atoms with Crippen LogP contribution in [0.4, 0.5) is 8.78 Å². The molecule has 11 heteroatoms. The minimum Gasteiger partial charge on any atom is -0.492 e. The maximum atomic E-state index is 15.1. The largest absolute Gasteiger partial charge is 0.492 e. The molecule has 4 aromatic rings. The van der Waals surface area contributed by atoms with Gasteiger partial charge in [0.15, 0.2) is 4.90 Å². The van der Waals surface area contributed by atoms with Crippen molar-refractivity contribution in [3.8, 4) is 17.0 Å². The van der Waals surface area contributed by atoms with Gasteiger partial charge in [-0.15, -0.1) is 0 Å². The van der Waals surface area contributed by atoms with E-state index >= 15 is 4.39 Å². The van der Waals surface area contributed by atoms with Crippen molar-refractivity contribution in [2.45, 2.75) is 36.8 Å². The van der Waals surface area contributed by atoms with Crippen LogP contribution >= 0.6 is 0 Å². The van der Waals surface area contributed by atoms with Crippen LogP contribution in [0.15, 0.2) is 75.2 Å². The number of aryl methyl sites for hydroxylation is 1. The fourth-order valence-corrected chi connectivity index (χ4v) is 5.22. The third-order valence-electron chi connectivity index (χ3n) is 5.67.